The third kappa shape index (κ3) is 1.97. The van der Waals surface area contributed by atoms with Gasteiger partial charge in [0.2, 0.25) is 5.89 Å². The van der Waals surface area contributed by atoms with Crippen LogP contribution in [-0.4, -0.2) is 20.2 Å². The maximum Gasteiger partial charge on any atom is 0.270 e. The molecule has 4 N–H and O–H groups in total. The SMILES string of the molecule is Nc1ccccc1-c1nnc(-c2nccnc2N)o1. The van der Waals surface area contributed by atoms with Gasteiger partial charge in [-0.15, -0.1) is 10.2 Å². The molecule has 0 aliphatic rings. The van der Waals surface area contributed by atoms with Gasteiger partial charge in [-0.3, -0.25) is 0 Å². The number of nitrogens with two attached hydrogens (primary N) is 2. The zero-order valence-electron chi connectivity index (χ0n) is 9.82. The number of benzene rings is 1. The van der Waals surface area contributed by atoms with Crippen molar-refractivity contribution in [3.8, 4) is 23.0 Å². The predicted octanol–water partition coefficient (Wildman–Crippen LogP) is 1.36. The second-order valence-electron chi connectivity index (χ2n) is 3.79. The highest BCUT2D eigenvalue weighted by Crippen LogP contribution is 2.27. The van der Waals surface area contributed by atoms with Crippen molar-refractivity contribution in [1.82, 2.24) is 20.2 Å². The van der Waals surface area contributed by atoms with Crippen LogP contribution in [0.1, 0.15) is 0 Å². The van der Waals surface area contributed by atoms with Crippen LogP contribution in [0.25, 0.3) is 23.0 Å². The highest BCUT2D eigenvalue weighted by Gasteiger charge is 2.15. The fourth-order valence-electron chi connectivity index (χ4n) is 1.63. The number of nitrogen functional groups attached to an aromatic ring is 2. The summed E-state index contributed by atoms with van der Waals surface area (Å²) in [7, 11) is 0. The first-order valence-electron chi connectivity index (χ1n) is 5.51. The predicted molar refractivity (Wildman–Crippen MR) is 69.6 cm³/mol. The number of hydrogen-bond donors (Lipinski definition) is 2. The second-order valence-corrected chi connectivity index (χ2v) is 3.79. The molecule has 0 unspecified atom stereocenters. The van der Waals surface area contributed by atoms with Crippen LogP contribution in [0.2, 0.25) is 0 Å². The van der Waals surface area contributed by atoms with Gasteiger partial charge in [0.15, 0.2) is 11.5 Å². The monoisotopic (exact) mass is 254 g/mol. The molecule has 0 atom stereocenters. The van der Waals surface area contributed by atoms with Crippen LogP contribution in [-0.2, 0) is 0 Å². The Morgan fingerprint density at radius 1 is 0.895 bits per heavy atom. The quantitative estimate of drug-likeness (QED) is 0.663. The van der Waals surface area contributed by atoms with E-state index in [2.05, 4.69) is 20.2 Å². The van der Waals surface area contributed by atoms with Crippen LogP contribution in [0.5, 0.6) is 0 Å². The van der Waals surface area contributed by atoms with E-state index in [4.69, 9.17) is 15.9 Å². The van der Waals surface area contributed by atoms with Crippen molar-refractivity contribution >= 4 is 11.5 Å². The smallest absolute Gasteiger partial charge is 0.270 e. The van der Waals surface area contributed by atoms with E-state index in [0.29, 0.717) is 22.8 Å². The molecule has 0 bridgehead atoms. The van der Waals surface area contributed by atoms with Gasteiger partial charge < -0.3 is 15.9 Å². The van der Waals surface area contributed by atoms with E-state index in [1.807, 2.05) is 12.1 Å². The molecule has 0 saturated carbocycles. The van der Waals surface area contributed by atoms with E-state index < -0.39 is 0 Å². The molecule has 19 heavy (non-hydrogen) atoms. The molecule has 2 aromatic heterocycles. The van der Waals surface area contributed by atoms with Gasteiger partial charge in [0.1, 0.15) is 0 Å². The zero-order chi connectivity index (χ0) is 13.2. The average Bonchev–Trinajstić information content (AvgIpc) is 2.89. The molecular weight excluding hydrogens is 244 g/mol. The minimum atomic E-state index is 0.212. The Balaban J connectivity index is 2.06. The van der Waals surface area contributed by atoms with Gasteiger partial charge in [0, 0.05) is 18.1 Å². The highest BCUT2D eigenvalue weighted by molar-refractivity contribution is 5.71. The lowest BCUT2D eigenvalue weighted by Crippen LogP contribution is -1.95. The summed E-state index contributed by atoms with van der Waals surface area (Å²) in [4.78, 5) is 7.98. The van der Waals surface area contributed by atoms with Crippen LogP contribution >= 0.6 is 0 Å². The Labute approximate surface area is 108 Å². The van der Waals surface area contributed by atoms with Gasteiger partial charge >= 0.3 is 0 Å². The van der Waals surface area contributed by atoms with E-state index in [1.54, 1.807) is 12.1 Å². The Bertz CT molecular complexity index is 663. The molecule has 0 radical (unpaired) electrons. The zero-order valence-corrected chi connectivity index (χ0v) is 9.82. The molecule has 1 aromatic carbocycles. The highest BCUT2D eigenvalue weighted by atomic mass is 16.4. The lowest BCUT2D eigenvalue weighted by molar-refractivity contribution is 0.582. The lowest BCUT2D eigenvalue weighted by Gasteiger charge is -1.99. The first-order valence-corrected chi connectivity index (χ1v) is 5.51. The first kappa shape index (κ1) is 11.1. The van der Waals surface area contributed by atoms with Gasteiger partial charge in [0.05, 0.1) is 5.56 Å². The van der Waals surface area contributed by atoms with Crippen LogP contribution in [0, 0.1) is 0 Å². The van der Waals surface area contributed by atoms with Gasteiger partial charge in [-0.05, 0) is 12.1 Å². The summed E-state index contributed by atoms with van der Waals surface area (Å²) in [6.45, 7) is 0. The van der Waals surface area contributed by atoms with Crippen LogP contribution in [0.15, 0.2) is 41.1 Å². The Morgan fingerprint density at radius 3 is 2.42 bits per heavy atom. The molecule has 0 amide bonds. The lowest BCUT2D eigenvalue weighted by atomic mass is 10.2. The fourth-order valence-corrected chi connectivity index (χ4v) is 1.63. The van der Waals surface area contributed by atoms with Crippen molar-refractivity contribution in [2.45, 2.75) is 0 Å². The van der Waals surface area contributed by atoms with Crippen molar-refractivity contribution in [2.24, 2.45) is 0 Å². The van der Waals surface area contributed by atoms with Crippen molar-refractivity contribution < 1.29 is 4.42 Å². The number of rotatable bonds is 2. The molecule has 0 spiro atoms. The van der Waals surface area contributed by atoms with Gasteiger partial charge in [-0.1, -0.05) is 12.1 Å². The minimum Gasteiger partial charge on any atom is -0.414 e. The van der Waals surface area contributed by atoms with Gasteiger partial charge in [-0.25, -0.2) is 9.97 Å². The summed E-state index contributed by atoms with van der Waals surface area (Å²) in [5.74, 6) is 0.765. The van der Waals surface area contributed by atoms with E-state index in [-0.39, 0.29) is 11.7 Å². The number of anilines is 2. The van der Waals surface area contributed by atoms with E-state index in [9.17, 15) is 0 Å². The molecule has 0 aliphatic heterocycles. The van der Waals surface area contributed by atoms with Crippen molar-refractivity contribution in [3.05, 3.63) is 36.7 Å². The molecule has 0 saturated heterocycles. The Kier molecular flexibility index (Phi) is 2.57. The van der Waals surface area contributed by atoms with Crippen LogP contribution < -0.4 is 11.5 Å². The summed E-state index contributed by atoms with van der Waals surface area (Å²) in [5, 5.41) is 7.85. The maximum absolute atomic E-state index is 5.85. The van der Waals surface area contributed by atoms with E-state index in [1.165, 1.54) is 12.4 Å². The molecule has 7 heteroatoms. The van der Waals surface area contributed by atoms with Crippen LogP contribution in [0.4, 0.5) is 11.5 Å². The summed E-state index contributed by atoms with van der Waals surface area (Å²) < 4.78 is 5.53. The maximum atomic E-state index is 5.85. The standard InChI is InChI=1S/C12H10N6O/c13-8-4-2-1-3-7(8)11-17-18-12(19-11)9-10(14)16-6-5-15-9/h1-6H,13H2,(H2,14,16). The topological polar surface area (TPSA) is 117 Å². The number of para-hydroxylation sites is 1. The van der Waals surface area contributed by atoms with Gasteiger partial charge in [0.25, 0.3) is 5.89 Å². The van der Waals surface area contributed by atoms with Crippen molar-refractivity contribution in [3.63, 3.8) is 0 Å². The molecule has 0 aliphatic carbocycles. The largest absolute Gasteiger partial charge is 0.414 e. The molecule has 3 aromatic rings. The third-order valence-electron chi connectivity index (χ3n) is 2.55. The molecule has 7 nitrogen and oxygen atoms in total. The summed E-state index contributed by atoms with van der Waals surface area (Å²) in [5.41, 5.74) is 13.1. The third-order valence-corrected chi connectivity index (χ3v) is 2.55. The Hall–Kier alpha value is -2.96. The minimum absolute atomic E-state index is 0.212. The van der Waals surface area contributed by atoms with Crippen LogP contribution in [0.3, 0.4) is 0 Å². The number of aromatic nitrogens is 4. The summed E-state index contributed by atoms with van der Waals surface area (Å²) in [6.07, 6.45) is 3.00. The molecular formula is C12H10N6O. The van der Waals surface area contributed by atoms with Gasteiger partial charge in [-0.2, -0.15) is 0 Å². The number of hydrogen-bond acceptors (Lipinski definition) is 7. The van der Waals surface area contributed by atoms with Crippen molar-refractivity contribution in [1.29, 1.82) is 0 Å². The number of nitrogens with zero attached hydrogens (tertiary/aromatic N) is 4. The van der Waals surface area contributed by atoms with E-state index in [0.717, 1.165) is 0 Å². The molecule has 0 fully saturated rings. The molecule has 2 heterocycles. The second kappa shape index (κ2) is 4.37. The van der Waals surface area contributed by atoms with E-state index >= 15 is 0 Å². The Morgan fingerprint density at radius 2 is 1.63 bits per heavy atom. The van der Waals surface area contributed by atoms with Crippen molar-refractivity contribution in [2.75, 3.05) is 11.5 Å². The summed E-state index contributed by atoms with van der Waals surface area (Å²) >= 11 is 0. The fraction of sp³-hybridized carbons (Fsp3) is 0. The first-order chi connectivity index (χ1) is 9.25. The molecule has 94 valence electrons. The average molecular weight is 254 g/mol. The normalized spacial score (nSPS) is 10.5. The molecule has 3 rings (SSSR count). The summed E-state index contributed by atoms with van der Waals surface area (Å²) in [6, 6.07) is 7.23.